The lowest BCUT2D eigenvalue weighted by Crippen LogP contribution is -2.45. The van der Waals surface area contributed by atoms with Crippen molar-refractivity contribution in [3.8, 4) is 0 Å². The van der Waals surface area contributed by atoms with Crippen molar-refractivity contribution >= 4 is 0 Å². The maximum atomic E-state index is 4.16. The van der Waals surface area contributed by atoms with E-state index in [1.807, 2.05) is 12.4 Å². The fraction of sp³-hybridized carbons (Fsp3) is 0.353. The van der Waals surface area contributed by atoms with E-state index in [0.717, 1.165) is 26.2 Å². The summed E-state index contributed by atoms with van der Waals surface area (Å²) < 4.78 is 0. The molecule has 1 atom stereocenters. The van der Waals surface area contributed by atoms with E-state index in [4.69, 9.17) is 0 Å². The van der Waals surface area contributed by atoms with Crippen LogP contribution in [0.15, 0.2) is 48.8 Å². The molecule has 2 aromatic rings. The second kappa shape index (κ2) is 6.16. The molecule has 3 rings (SSSR count). The quantitative estimate of drug-likeness (QED) is 0.925. The molecule has 1 fully saturated rings. The smallest absolute Gasteiger partial charge is 0.0606 e. The highest BCUT2D eigenvalue weighted by Gasteiger charge is 2.24. The second-order valence-electron chi connectivity index (χ2n) is 5.33. The molecule has 3 nitrogen and oxygen atoms in total. The van der Waals surface area contributed by atoms with Crippen LogP contribution in [-0.2, 0) is 0 Å². The Morgan fingerprint density at radius 3 is 2.45 bits per heavy atom. The normalized spacial score (nSPS) is 17.9. The Kier molecular flexibility index (Phi) is 4.09. The van der Waals surface area contributed by atoms with Crippen LogP contribution in [0, 0.1) is 6.92 Å². The van der Waals surface area contributed by atoms with Crippen molar-refractivity contribution in [3.63, 3.8) is 0 Å². The molecule has 1 N–H and O–H groups in total. The standard InChI is InChI=1S/C17H21N3/c1-14-4-2-3-5-16(14)17(15-6-8-18-9-7-15)20-12-10-19-11-13-20/h2-9,17,19H,10-13H2,1H3. The minimum Gasteiger partial charge on any atom is -0.314 e. The molecule has 1 aromatic carbocycles. The largest absolute Gasteiger partial charge is 0.314 e. The molecule has 1 aromatic heterocycles. The van der Waals surface area contributed by atoms with E-state index < -0.39 is 0 Å². The molecule has 104 valence electrons. The minimum atomic E-state index is 0.335. The number of aryl methyl sites for hydroxylation is 1. The van der Waals surface area contributed by atoms with Crippen molar-refractivity contribution in [2.24, 2.45) is 0 Å². The van der Waals surface area contributed by atoms with Crippen LogP contribution in [0.3, 0.4) is 0 Å². The number of hydrogen-bond acceptors (Lipinski definition) is 3. The Morgan fingerprint density at radius 2 is 1.75 bits per heavy atom. The zero-order valence-corrected chi connectivity index (χ0v) is 11.9. The summed E-state index contributed by atoms with van der Waals surface area (Å²) in [6, 6.07) is 13.3. The predicted molar refractivity (Wildman–Crippen MR) is 81.7 cm³/mol. The van der Waals surface area contributed by atoms with Crippen molar-refractivity contribution in [1.29, 1.82) is 0 Å². The van der Waals surface area contributed by atoms with Crippen LogP contribution in [0.5, 0.6) is 0 Å². The van der Waals surface area contributed by atoms with Crippen LogP contribution in [0.4, 0.5) is 0 Å². The van der Waals surface area contributed by atoms with Gasteiger partial charge < -0.3 is 5.32 Å². The van der Waals surface area contributed by atoms with Gasteiger partial charge in [0.2, 0.25) is 0 Å². The summed E-state index contributed by atoms with van der Waals surface area (Å²) in [6.07, 6.45) is 3.78. The first kappa shape index (κ1) is 13.3. The molecule has 2 heterocycles. The molecule has 1 aliphatic heterocycles. The van der Waals surface area contributed by atoms with E-state index in [1.165, 1.54) is 16.7 Å². The summed E-state index contributed by atoms with van der Waals surface area (Å²) in [7, 11) is 0. The summed E-state index contributed by atoms with van der Waals surface area (Å²) in [5.74, 6) is 0. The third kappa shape index (κ3) is 2.74. The molecule has 0 amide bonds. The summed E-state index contributed by atoms with van der Waals surface area (Å²) in [6.45, 7) is 6.50. The maximum Gasteiger partial charge on any atom is 0.0606 e. The molecule has 0 spiro atoms. The van der Waals surface area contributed by atoms with Crippen molar-refractivity contribution in [2.45, 2.75) is 13.0 Å². The molecule has 1 aliphatic rings. The van der Waals surface area contributed by atoms with Crippen molar-refractivity contribution in [1.82, 2.24) is 15.2 Å². The first-order valence-corrected chi connectivity index (χ1v) is 7.26. The van der Waals surface area contributed by atoms with Crippen molar-refractivity contribution < 1.29 is 0 Å². The summed E-state index contributed by atoms with van der Waals surface area (Å²) in [5.41, 5.74) is 4.09. The van der Waals surface area contributed by atoms with Gasteiger partial charge in [-0.1, -0.05) is 24.3 Å². The third-order valence-corrected chi connectivity index (χ3v) is 4.02. The van der Waals surface area contributed by atoms with E-state index in [-0.39, 0.29) is 0 Å². The van der Waals surface area contributed by atoms with Crippen LogP contribution in [0.2, 0.25) is 0 Å². The van der Waals surface area contributed by atoms with Gasteiger partial charge in [-0.25, -0.2) is 0 Å². The van der Waals surface area contributed by atoms with Gasteiger partial charge in [0.15, 0.2) is 0 Å². The fourth-order valence-electron chi connectivity index (χ4n) is 2.97. The Labute approximate surface area is 120 Å². The molecule has 3 heteroatoms. The number of aromatic nitrogens is 1. The van der Waals surface area contributed by atoms with Gasteiger partial charge in [-0.2, -0.15) is 0 Å². The average molecular weight is 267 g/mol. The van der Waals surface area contributed by atoms with Gasteiger partial charge in [0.1, 0.15) is 0 Å². The van der Waals surface area contributed by atoms with Gasteiger partial charge in [-0.3, -0.25) is 9.88 Å². The number of piperazine rings is 1. The number of hydrogen-bond donors (Lipinski definition) is 1. The molecule has 0 aliphatic carbocycles. The number of pyridine rings is 1. The highest BCUT2D eigenvalue weighted by molar-refractivity contribution is 5.36. The Bertz CT molecular complexity index is 547. The number of nitrogens with one attached hydrogen (secondary N) is 1. The van der Waals surface area contributed by atoms with Gasteiger partial charge in [-0.05, 0) is 35.7 Å². The molecule has 0 bridgehead atoms. The molecule has 1 saturated heterocycles. The lowest BCUT2D eigenvalue weighted by molar-refractivity contribution is 0.198. The van der Waals surface area contributed by atoms with Gasteiger partial charge in [-0.15, -0.1) is 0 Å². The Morgan fingerprint density at radius 1 is 1.05 bits per heavy atom. The zero-order valence-electron chi connectivity index (χ0n) is 11.9. The molecule has 1 unspecified atom stereocenters. The average Bonchev–Trinajstić information content (AvgIpc) is 2.52. The fourth-order valence-corrected chi connectivity index (χ4v) is 2.97. The minimum absolute atomic E-state index is 0.335. The van der Waals surface area contributed by atoms with Crippen LogP contribution in [0.1, 0.15) is 22.7 Å². The van der Waals surface area contributed by atoms with Crippen LogP contribution in [-0.4, -0.2) is 36.1 Å². The predicted octanol–water partition coefficient (Wildman–Crippen LogP) is 2.38. The Balaban J connectivity index is 2.01. The van der Waals surface area contributed by atoms with E-state index >= 15 is 0 Å². The Hall–Kier alpha value is -1.71. The van der Waals surface area contributed by atoms with Gasteiger partial charge in [0, 0.05) is 38.6 Å². The summed E-state index contributed by atoms with van der Waals surface area (Å²) >= 11 is 0. The molecule has 0 radical (unpaired) electrons. The van der Waals surface area contributed by atoms with Crippen LogP contribution >= 0.6 is 0 Å². The van der Waals surface area contributed by atoms with Gasteiger partial charge in [0.05, 0.1) is 6.04 Å². The highest BCUT2D eigenvalue weighted by atomic mass is 15.2. The van der Waals surface area contributed by atoms with E-state index in [9.17, 15) is 0 Å². The zero-order chi connectivity index (χ0) is 13.8. The van der Waals surface area contributed by atoms with Crippen molar-refractivity contribution in [3.05, 3.63) is 65.5 Å². The number of rotatable bonds is 3. The molecule has 0 saturated carbocycles. The van der Waals surface area contributed by atoms with Crippen LogP contribution < -0.4 is 5.32 Å². The monoisotopic (exact) mass is 267 g/mol. The lowest BCUT2D eigenvalue weighted by atomic mass is 9.94. The molecular formula is C17H21N3. The number of benzene rings is 1. The topological polar surface area (TPSA) is 28.2 Å². The first-order chi connectivity index (χ1) is 9.86. The summed E-state index contributed by atoms with van der Waals surface area (Å²) in [4.78, 5) is 6.72. The summed E-state index contributed by atoms with van der Waals surface area (Å²) in [5, 5.41) is 3.43. The molecule has 20 heavy (non-hydrogen) atoms. The highest BCUT2D eigenvalue weighted by Crippen LogP contribution is 2.30. The van der Waals surface area contributed by atoms with Gasteiger partial charge in [0.25, 0.3) is 0 Å². The van der Waals surface area contributed by atoms with E-state index in [1.54, 1.807) is 0 Å². The first-order valence-electron chi connectivity index (χ1n) is 7.26. The van der Waals surface area contributed by atoms with Crippen LogP contribution in [0.25, 0.3) is 0 Å². The third-order valence-electron chi connectivity index (χ3n) is 4.02. The van der Waals surface area contributed by atoms with E-state index in [2.05, 4.69) is 58.5 Å². The SMILES string of the molecule is Cc1ccccc1C(c1ccncc1)N1CCNCC1. The van der Waals surface area contributed by atoms with E-state index in [0.29, 0.717) is 6.04 Å². The lowest BCUT2D eigenvalue weighted by Gasteiger charge is -2.36. The molecular weight excluding hydrogens is 246 g/mol. The maximum absolute atomic E-state index is 4.16. The second-order valence-corrected chi connectivity index (χ2v) is 5.33. The van der Waals surface area contributed by atoms with Gasteiger partial charge >= 0.3 is 0 Å². The van der Waals surface area contributed by atoms with Crippen molar-refractivity contribution in [2.75, 3.05) is 26.2 Å². The number of nitrogens with zero attached hydrogens (tertiary/aromatic N) is 2.